The summed E-state index contributed by atoms with van der Waals surface area (Å²) in [6.45, 7) is 10.8. The Balaban J connectivity index is 2.48. The third-order valence-corrected chi connectivity index (χ3v) is 8.38. The van der Waals surface area contributed by atoms with Gasteiger partial charge in [-0.15, -0.1) is 0 Å². The van der Waals surface area contributed by atoms with E-state index < -0.39 is 50.9 Å². The second kappa shape index (κ2) is 14.2. The molecule has 224 valence electrons. The first-order valence-electron chi connectivity index (χ1n) is 13.1. The molecular weight excluding hydrogens is 681 g/mol. The van der Waals surface area contributed by atoms with Gasteiger partial charge in [0.2, 0.25) is 0 Å². The fourth-order valence-electron chi connectivity index (χ4n) is 4.67. The molecule has 1 aromatic rings. The highest BCUT2D eigenvalue weighted by molar-refractivity contribution is 14.1. The predicted molar refractivity (Wildman–Crippen MR) is 162 cm³/mol. The van der Waals surface area contributed by atoms with Gasteiger partial charge in [0.25, 0.3) is 5.91 Å². The van der Waals surface area contributed by atoms with Crippen LogP contribution in [0.15, 0.2) is 28.9 Å². The summed E-state index contributed by atoms with van der Waals surface area (Å²) in [5, 5.41) is -0.475. The highest BCUT2D eigenvalue weighted by atomic mass is 127. The molecule has 12 heteroatoms. The zero-order chi connectivity index (χ0) is 30.6. The zero-order valence-corrected chi connectivity index (χ0v) is 27.2. The molecule has 0 saturated heterocycles. The van der Waals surface area contributed by atoms with Crippen molar-refractivity contribution in [1.29, 1.82) is 0 Å². The number of amides is 1. The minimum Gasteiger partial charge on any atom is -0.404 e. The van der Waals surface area contributed by atoms with Crippen LogP contribution in [0, 0.1) is 23.6 Å². The van der Waals surface area contributed by atoms with E-state index in [9.17, 15) is 14.0 Å². The van der Waals surface area contributed by atoms with Gasteiger partial charge in [-0.2, -0.15) is 8.78 Å². The summed E-state index contributed by atoms with van der Waals surface area (Å²) in [5.74, 6) is -1.70. The third kappa shape index (κ3) is 9.32. The van der Waals surface area contributed by atoms with Crippen LogP contribution >= 0.6 is 45.8 Å². The van der Waals surface area contributed by atoms with Gasteiger partial charge in [-0.3, -0.25) is 14.6 Å². The number of ketones is 1. The summed E-state index contributed by atoms with van der Waals surface area (Å²) in [5.41, 5.74) is 3.76. The fourth-order valence-corrected chi connectivity index (χ4v) is 5.77. The maximum Gasteiger partial charge on any atom is 0.338 e. The van der Waals surface area contributed by atoms with Gasteiger partial charge in [-0.05, 0) is 63.5 Å². The van der Waals surface area contributed by atoms with Crippen molar-refractivity contribution >= 4 is 63.2 Å². The van der Waals surface area contributed by atoms with E-state index in [1.54, 1.807) is 0 Å². The first-order valence-corrected chi connectivity index (χ1v) is 14.9. The number of benzene rings is 1. The molecule has 2 rings (SSSR count). The van der Waals surface area contributed by atoms with E-state index >= 15 is 8.78 Å². The Bertz CT molecular complexity index is 1130. The lowest BCUT2D eigenvalue weighted by atomic mass is 9.72. The Morgan fingerprint density at radius 2 is 1.73 bits per heavy atom. The Morgan fingerprint density at radius 3 is 2.23 bits per heavy atom. The topological polar surface area (TPSA) is 85.0 Å². The Labute approximate surface area is 258 Å². The maximum absolute atomic E-state index is 15.0. The number of aliphatic imine (C=N–C) groups is 1. The SMILES string of the molecule is C[C@@H]1[C@@H](C)CCC(N=C(C(=CN)C(=O)N(CCOC(C)(C)C)CC(=O)c2c(Cl)cc(F)cc2Cl)C(F)(F)I)[C@@H]1C. The second-order valence-electron chi connectivity index (χ2n) is 11.3. The lowest BCUT2D eigenvalue weighted by Gasteiger charge is -2.37. The van der Waals surface area contributed by atoms with Crippen LogP contribution in [-0.4, -0.2) is 57.6 Å². The van der Waals surface area contributed by atoms with E-state index in [0.29, 0.717) is 12.3 Å². The summed E-state index contributed by atoms with van der Waals surface area (Å²) >= 11 is 13.1. The molecular formula is C28H37Cl2F3IN3O3. The molecule has 40 heavy (non-hydrogen) atoms. The number of halogens is 6. The molecule has 0 radical (unpaired) electrons. The van der Waals surface area contributed by atoms with Crippen LogP contribution in [0.5, 0.6) is 0 Å². The molecule has 0 aromatic heterocycles. The average molecular weight is 718 g/mol. The van der Waals surface area contributed by atoms with Gasteiger partial charge in [-0.1, -0.05) is 44.0 Å². The van der Waals surface area contributed by atoms with Crippen LogP contribution in [0.1, 0.15) is 64.7 Å². The molecule has 0 aliphatic heterocycles. The number of rotatable bonds is 10. The van der Waals surface area contributed by atoms with Gasteiger partial charge < -0.3 is 15.4 Å². The number of carbonyl (C=O) groups is 2. The van der Waals surface area contributed by atoms with E-state index in [1.807, 2.05) is 27.7 Å². The minimum absolute atomic E-state index is 0.00653. The fraction of sp³-hybridized carbons (Fsp3) is 0.607. The summed E-state index contributed by atoms with van der Waals surface area (Å²) in [7, 11) is 0. The van der Waals surface area contributed by atoms with Crippen molar-refractivity contribution in [2.45, 2.75) is 70.0 Å². The number of nitrogens with zero attached hydrogens (tertiary/aromatic N) is 2. The highest BCUT2D eigenvalue weighted by Gasteiger charge is 2.41. The van der Waals surface area contributed by atoms with Crippen molar-refractivity contribution in [2.24, 2.45) is 28.5 Å². The molecule has 4 atom stereocenters. The van der Waals surface area contributed by atoms with Crippen LogP contribution in [0.25, 0.3) is 0 Å². The smallest absolute Gasteiger partial charge is 0.338 e. The summed E-state index contributed by atoms with van der Waals surface area (Å²) in [6, 6.07) is 1.42. The van der Waals surface area contributed by atoms with Crippen LogP contribution in [0.2, 0.25) is 10.0 Å². The number of ether oxygens (including phenoxy) is 1. The molecule has 0 heterocycles. The average Bonchev–Trinajstić information content (AvgIpc) is 2.81. The van der Waals surface area contributed by atoms with Gasteiger partial charge in [0.1, 0.15) is 11.5 Å². The van der Waals surface area contributed by atoms with Gasteiger partial charge in [-0.25, -0.2) is 4.39 Å². The first-order chi connectivity index (χ1) is 18.4. The number of alkyl halides is 3. The van der Waals surface area contributed by atoms with Crippen LogP contribution in [0.4, 0.5) is 13.2 Å². The summed E-state index contributed by atoms with van der Waals surface area (Å²) in [4.78, 5) is 32.4. The van der Waals surface area contributed by atoms with Crippen molar-refractivity contribution in [3.63, 3.8) is 0 Å². The van der Waals surface area contributed by atoms with Crippen LogP contribution in [-0.2, 0) is 9.53 Å². The molecule has 0 spiro atoms. The first kappa shape index (κ1) is 34.8. The molecule has 0 bridgehead atoms. The second-order valence-corrected chi connectivity index (χ2v) is 13.4. The molecule has 1 unspecified atom stereocenters. The van der Waals surface area contributed by atoms with Crippen LogP contribution < -0.4 is 5.73 Å². The van der Waals surface area contributed by atoms with Crippen molar-refractivity contribution in [1.82, 2.24) is 4.90 Å². The Kier molecular flexibility index (Phi) is 12.4. The van der Waals surface area contributed by atoms with E-state index in [-0.39, 0.29) is 40.6 Å². The molecule has 2 N–H and O–H groups in total. The van der Waals surface area contributed by atoms with Crippen molar-refractivity contribution in [3.8, 4) is 0 Å². The summed E-state index contributed by atoms with van der Waals surface area (Å²) in [6.07, 6.45) is 2.21. The predicted octanol–water partition coefficient (Wildman–Crippen LogP) is 7.34. The van der Waals surface area contributed by atoms with Crippen LogP contribution in [0.3, 0.4) is 0 Å². The lowest BCUT2D eigenvalue weighted by molar-refractivity contribution is -0.127. The quantitative estimate of drug-likeness (QED) is 0.0903. The molecule has 1 fully saturated rings. The molecule has 1 amide bonds. The number of carbonyl (C=O) groups excluding carboxylic acids is 2. The van der Waals surface area contributed by atoms with E-state index in [0.717, 1.165) is 52.2 Å². The molecule has 1 aromatic carbocycles. The molecule has 1 aliphatic carbocycles. The van der Waals surface area contributed by atoms with Crippen molar-refractivity contribution in [2.75, 3.05) is 19.7 Å². The molecule has 1 saturated carbocycles. The maximum atomic E-state index is 15.0. The van der Waals surface area contributed by atoms with Gasteiger partial charge >= 0.3 is 3.93 Å². The monoisotopic (exact) mass is 717 g/mol. The van der Waals surface area contributed by atoms with E-state index in [4.69, 9.17) is 33.7 Å². The third-order valence-electron chi connectivity index (χ3n) is 7.27. The van der Waals surface area contributed by atoms with Crippen molar-refractivity contribution < 1.29 is 27.5 Å². The Morgan fingerprint density at radius 1 is 1.15 bits per heavy atom. The lowest BCUT2D eigenvalue weighted by Crippen LogP contribution is -2.44. The standard InChI is InChI=1S/C28H37Cl2F3IN3O3/c1-15-7-8-22(17(3)16(15)2)36-25(28(32,33)34)19(13-35)26(39)37(9-10-40-27(4,5)6)14-23(38)24-20(29)11-18(31)12-21(24)30/h11-13,15-17,22H,7-10,14,35H2,1-6H3/t15-,16+,17+,22?/m0/s1. The highest BCUT2D eigenvalue weighted by Crippen LogP contribution is 2.38. The molecule has 6 nitrogen and oxygen atoms in total. The van der Waals surface area contributed by atoms with Crippen molar-refractivity contribution in [3.05, 3.63) is 45.3 Å². The normalized spacial score (nSPS) is 22.8. The number of hydrogen-bond acceptors (Lipinski definition) is 5. The minimum atomic E-state index is -3.52. The van der Waals surface area contributed by atoms with Gasteiger partial charge in [0.15, 0.2) is 5.78 Å². The molecule has 1 aliphatic rings. The zero-order valence-electron chi connectivity index (χ0n) is 23.5. The Hall–Kier alpha value is -1.37. The van der Waals surface area contributed by atoms with E-state index in [1.165, 1.54) is 0 Å². The largest absolute Gasteiger partial charge is 0.404 e. The summed E-state index contributed by atoms with van der Waals surface area (Å²) < 4.78 is 45.9. The van der Waals surface area contributed by atoms with E-state index in [2.05, 4.69) is 18.8 Å². The van der Waals surface area contributed by atoms with Gasteiger partial charge in [0.05, 0.1) is 46.0 Å². The van der Waals surface area contributed by atoms with Gasteiger partial charge in [0, 0.05) is 35.3 Å². The number of Topliss-reactive ketones (excluding diaryl/α,β-unsaturated/α-hetero) is 1. The number of hydrogen-bond donors (Lipinski definition) is 1. The number of nitrogens with two attached hydrogens (primary N) is 1.